The van der Waals surface area contributed by atoms with Crippen LogP contribution >= 0.6 is 24.4 Å². The van der Waals surface area contributed by atoms with Gasteiger partial charge in [-0.15, -0.1) is 0 Å². The Bertz CT molecular complexity index is 635. The summed E-state index contributed by atoms with van der Waals surface area (Å²) < 4.78 is 0. The highest BCUT2D eigenvalue weighted by Crippen LogP contribution is 2.04. The van der Waals surface area contributed by atoms with E-state index < -0.39 is 66.3 Å². The molecule has 0 aromatic heterocycles. The first-order chi connectivity index (χ1) is 13.9. The van der Waals surface area contributed by atoms with Crippen molar-refractivity contribution in [1.82, 2.24) is 16.0 Å². The van der Waals surface area contributed by atoms with E-state index >= 15 is 0 Å². The Balaban J connectivity index is 5.40. The molecule has 0 fully saturated rings. The summed E-state index contributed by atoms with van der Waals surface area (Å²) in [4.78, 5) is 59.5. The number of hydrogen-bond donors (Lipinski definition) is 8. The smallest absolute Gasteiger partial charge is 0.327 e. The number of carbonyl (C=O) groups excluding carboxylic acids is 4. The largest absolute Gasteiger partial charge is 0.480 e. The first kappa shape index (κ1) is 28.0. The molecule has 9 N–H and O–H groups in total. The van der Waals surface area contributed by atoms with E-state index in [1.807, 2.05) is 0 Å². The summed E-state index contributed by atoms with van der Waals surface area (Å²) in [6, 6.07) is -5.19. The molecule has 0 aliphatic rings. The number of carboxylic acids is 1. The third-order valence-corrected chi connectivity index (χ3v) is 4.91. The van der Waals surface area contributed by atoms with E-state index in [9.17, 15) is 29.1 Å². The molecule has 172 valence electrons. The molecule has 0 aromatic carbocycles. The van der Waals surface area contributed by atoms with Crippen molar-refractivity contribution in [2.24, 2.45) is 11.5 Å². The number of nitrogens with one attached hydrogen (secondary N) is 3. The van der Waals surface area contributed by atoms with Gasteiger partial charge >= 0.3 is 5.97 Å². The summed E-state index contributed by atoms with van der Waals surface area (Å²) in [7, 11) is 0. The average molecular weight is 468 g/mol. The predicted octanol–water partition coefficient (Wildman–Crippen LogP) is -3.21. The van der Waals surface area contributed by atoms with Crippen molar-refractivity contribution >= 4 is 54.0 Å². The zero-order chi connectivity index (χ0) is 23.4. The molecular weight excluding hydrogens is 438 g/mol. The zero-order valence-corrected chi connectivity index (χ0v) is 18.4. The van der Waals surface area contributed by atoms with Crippen LogP contribution in [0.25, 0.3) is 0 Å². The lowest BCUT2D eigenvalue weighted by atomic mass is 10.1. The Morgan fingerprint density at radius 3 is 1.93 bits per heavy atom. The molecule has 0 bridgehead atoms. The van der Waals surface area contributed by atoms with Crippen LogP contribution in [0.2, 0.25) is 0 Å². The highest BCUT2D eigenvalue weighted by Gasteiger charge is 2.31. The van der Waals surface area contributed by atoms with E-state index in [1.165, 1.54) is 18.7 Å². The number of aliphatic carboxylic acids is 1. The molecule has 0 saturated carbocycles. The van der Waals surface area contributed by atoms with Gasteiger partial charge in [0.05, 0.1) is 12.5 Å². The van der Waals surface area contributed by atoms with E-state index in [4.69, 9.17) is 16.6 Å². The van der Waals surface area contributed by atoms with E-state index in [2.05, 4.69) is 28.6 Å². The van der Waals surface area contributed by atoms with Crippen LogP contribution in [-0.4, -0.2) is 87.8 Å². The molecule has 0 heterocycles. The van der Waals surface area contributed by atoms with Crippen LogP contribution in [-0.2, 0) is 24.0 Å². The van der Waals surface area contributed by atoms with Crippen molar-refractivity contribution in [2.75, 3.05) is 17.8 Å². The monoisotopic (exact) mass is 467 g/mol. The summed E-state index contributed by atoms with van der Waals surface area (Å²) >= 11 is 5.23. The topological polar surface area (TPSA) is 214 Å². The number of hydrogen-bond acceptors (Lipinski definition) is 9. The molecule has 5 atom stereocenters. The van der Waals surface area contributed by atoms with Crippen LogP contribution < -0.4 is 27.4 Å². The van der Waals surface area contributed by atoms with Gasteiger partial charge in [-0.3, -0.25) is 19.2 Å². The fraction of sp³-hybridized carbons (Fsp3) is 0.688. The third kappa shape index (κ3) is 10.1. The number of aliphatic hydroxyl groups excluding tert-OH is 1. The molecular formula is C16H29N5O7S2. The summed E-state index contributed by atoms with van der Waals surface area (Å²) in [5, 5.41) is 25.3. The molecule has 4 amide bonds. The summed E-state index contributed by atoms with van der Waals surface area (Å²) in [6.07, 6.45) is 0.208. The van der Waals surface area contributed by atoms with Crippen LogP contribution in [0.15, 0.2) is 0 Å². The van der Waals surface area contributed by atoms with Crippen molar-refractivity contribution in [3.63, 3.8) is 0 Å². The third-order valence-electron chi connectivity index (χ3n) is 3.90. The Kier molecular flexibility index (Phi) is 13.1. The van der Waals surface area contributed by atoms with Gasteiger partial charge in [0.15, 0.2) is 0 Å². The first-order valence-electron chi connectivity index (χ1n) is 8.90. The number of aliphatic hydroxyl groups is 1. The molecule has 0 aliphatic heterocycles. The van der Waals surface area contributed by atoms with Crippen molar-refractivity contribution in [3.05, 3.63) is 0 Å². The van der Waals surface area contributed by atoms with Crippen molar-refractivity contribution < 1.29 is 34.2 Å². The molecule has 12 nitrogen and oxygen atoms in total. The van der Waals surface area contributed by atoms with Crippen molar-refractivity contribution in [2.45, 2.75) is 50.0 Å². The van der Waals surface area contributed by atoms with Gasteiger partial charge < -0.3 is 37.6 Å². The minimum Gasteiger partial charge on any atom is -0.480 e. The number of rotatable bonds is 14. The summed E-state index contributed by atoms with van der Waals surface area (Å²) in [5.41, 5.74) is 10.7. The number of thiol groups is 1. The highest BCUT2D eigenvalue weighted by molar-refractivity contribution is 7.98. The minimum absolute atomic E-state index is 0.171. The average Bonchev–Trinajstić information content (AvgIpc) is 2.66. The maximum absolute atomic E-state index is 12.7. The van der Waals surface area contributed by atoms with Gasteiger partial charge in [-0.25, -0.2) is 4.79 Å². The second-order valence-electron chi connectivity index (χ2n) is 6.42. The van der Waals surface area contributed by atoms with Crippen LogP contribution in [0.4, 0.5) is 0 Å². The Morgan fingerprint density at radius 1 is 1.00 bits per heavy atom. The molecule has 14 heteroatoms. The molecule has 0 saturated heterocycles. The van der Waals surface area contributed by atoms with Gasteiger partial charge in [0.25, 0.3) is 0 Å². The molecule has 0 radical (unpaired) electrons. The van der Waals surface area contributed by atoms with Crippen LogP contribution in [0.1, 0.15) is 19.8 Å². The Morgan fingerprint density at radius 2 is 1.50 bits per heavy atom. The Hall–Kier alpha value is -2.03. The maximum Gasteiger partial charge on any atom is 0.327 e. The van der Waals surface area contributed by atoms with Crippen LogP contribution in [0.3, 0.4) is 0 Å². The quantitative estimate of drug-likeness (QED) is 0.120. The molecule has 0 aromatic rings. The highest BCUT2D eigenvalue weighted by atomic mass is 32.2. The lowest BCUT2D eigenvalue weighted by Crippen LogP contribution is -2.58. The van der Waals surface area contributed by atoms with Crippen LogP contribution in [0, 0.1) is 0 Å². The Labute approximate surface area is 183 Å². The second-order valence-corrected chi connectivity index (χ2v) is 7.77. The zero-order valence-electron chi connectivity index (χ0n) is 16.7. The number of primary amides is 1. The van der Waals surface area contributed by atoms with Gasteiger partial charge in [0, 0.05) is 5.75 Å². The van der Waals surface area contributed by atoms with E-state index in [1.54, 1.807) is 6.26 Å². The molecule has 5 unspecified atom stereocenters. The minimum atomic E-state index is -1.46. The lowest BCUT2D eigenvalue weighted by Gasteiger charge is -2.25. The van der Waals surface area contributed by atoms with Gasteiger partial charge in [0.1, 0.15) is 24.2 Å². The van der Waals surface area contributed by atoms with E-state index in [-0.39, 0.29) is 12.2 Å². The van der Waals surface area contributed by atoms with E-state index in [0.717, 1.165) is 0 Å². The first-order valence-corrected chi connectivity index (χ1v) is 10.9. The molecule has 0 spiro atoms. The number of carbonyl (C=O) groups is 5. The SMILES string of the molecule is CSCCC(NC(=O)C(N)C(C)O)C(=O)NC(CC(N)=O)C(=O)NC(CS)C(=O)O. The molecule has 0 rings (SSSR count). The van der Waals surface area contributed by atoms with Gasteiger partial charge in [-0.05, 0) is 25.4 Å². The van der Waals surface area contributed by atoms with E-state index in [0.29, 0.717) is 5.75 Å². The molecule has 30 heavy (non-hydrogen) atoms. The fourth-order valence-corrected chi connectivity index (χ4v) is 2.85. The van der Waals surface area contributed by atoms with Crippen molar-refractivity contribution in [1.29, 1.82) is 0 Å². The van der Waals surface area contributed by atoms with Gasteiger partial charge in [0.2, 0.25) is 23.6 Å². The maximum atomic E-state index is 12.7. The lowest BCUT2D eigenvalue weighted by molar-refractivity contribution is -0.141. The standard InChI is InChI=1S/C16H29N5O7S2/c1-7(22)12(18)15(26)19-8(3-4-30-2)13(24)20-9(5-11(17)23)14(25)21-10(6-29)16(27)28/h7-10,12,22,29H,3-6,18H2,1-2H3,(H2,17,23)(H,19,26)(H,20,24)(H,21,25)(H,27,28). The van der Waals surface area contributed by atoms with Gasteiger partial charge in [-0.2, -0.15) is 24.4 Å². The summed E-state index contributed by atoms with van der Waals surface area (Å²) in [6.45, 7) is 1.31. The number of carboxylic acid groups (broad SMARTS) is 1. The van der Waals surface area contributed by atoms with Crippen molar-refractivity contribution in [3.8, 4) is 0 Å². The number of thioether (sulfide) groups is 1. The normalized spacial score (nSPS) is 15.8. The summed E-state index contributed by atoms with van der Waals surface area (Å²) in [5.74, 6) is -4.53. The number of nitrogens with two attached hydrogens (primary N) is 2. The molecule has 0 aliphatic carbocycles. The second kappa shape index (κ2) is 14.1. The number of amides is 4. The van der Waals surface area contributed by atoms with Crippen LogP contribution in [0.5, 0.6) is 0 Å². The predicted molar refractivity (Wildman–Crippen MR) is 114 cm³/mol. The fourth-order valence-electron chi connectivity index (χ4n) is 2.13. The van der Waals surface area contributed by atoms with Gasteiger partial charge in [-0.1, -0.05) is 0 Å².